The van der Waals surface area contributed by atoms with Crippen molar-refractivity contribution in [1.82, 2.24) is 31.4 Å². The third-order valence-electron chi connectivity index (χ3n) is 12.7. The molecule has 0 bridgehead atoms. The Bertz CT molecular complexity index is 2250. The number of nitrogens with one attached hydrogen (secondary N) is 4. The van der Waals surface area contributed by atoms with Crippen molar-refractivity contribution in [3.63, 3.8) is 0 Å². The maximum absolute atomic E-state index is 13.5. The number of carbonyl (C=O) groups is 4. The van der Waals surface area contributed by atoms with Crippen LogP contribution in [0.1, 0.15) is 98.1 Å². The largest absolute Gasteiger partial charge is 0.490 e. The number of hydrazine groups is 2. The van der Waals surface area contributed by atoms with Gasteiger partial charge in [-0.3, -0.25) is 29.5 Å². The molecule has 60 heavy (non-hydrogen) atoms. The molecule has 4 amide bonds. The number of halogens is 1. The van der Waals surface area contributed by atoms with Gasteiger partial charge in [-0.25, -0.2) is 0 Å². The molecule has 5 aliphatic rings. The molecule has 4 N–H and O–H groups in total. The van der Waals surface area contributed by atoms with Crippen LogP contribution in [0.5, 0.6) is 11.5 Å². The molecular formula is C45H51ClN8O6. The van der Waals surface area contributed by atoms with Crippen LogP contribution in [0.25, 0.3) is 0 Å². The fourth-order valence-corrected chi connectivity index (χ4v) is 9.98. The van der Waals surface area contributed by atoms with Crippen molar-refractivity contribution in [2.75, 3.05) is 24.6 Å². The number of rotatable bonds is 12. The summed E-state index contributed by atoms with van der Waals surface area (Å²) in [5, 5.41) is 17.1. The number of anilines is 1. The molecule has 3 aromatic carbocycles. The average Bonchev–Trinajstić information content (AvgIpc) is 3.83. The summed E-state index contributed by atoms with van der Waals surface area (Å²) in [6.07, 6.45) is 6.19. The molecule has 3 aromatic rings. The van der Waals surface area contributed by atoms with Crippen LogP contribution < -0.4 is 36.1 Å². The molecule has 14 nitrogen and oxygen atoms in total. The van der Waals surface area contributed by atoms with Gasteiger partial charge in [-0.15, -0.1) is 5.53 Å². The number of fused-ring (bicyclic) bond motifs is 1. The van der Waals surface area contributed by atoms with Crippen molar-refractivity contribution >= 4 is 40.9 Å². The number of hydrogen-bond donors (Lipinski definition) is 4. The van der Waals surface area contributed by atoms with E-state index in [1.165, 1.54) is 0 Å². The summed E-state index contributed by atoms with van der Waals surface area (Å²) in [4.78, 5) is 54.5. The van der Waals surface area contributed by atoms with Gasteiger partial charge < -0.3 is 30.0 Å². The highest BCUT2D eigenvalue weighted by molar-refractivity contribution is 6.31. The molecule has 4 heterocycles. The normalized spacial score (nSPS) is 23.5. The van der Waals surface area contributed by atoms with Gasteiger partial charge in [-0.1, -0.05) is 39.3 Å². The maximum atomic E-state index is 13.5. The number of benzene rings is 3. The Morgan fingerprint density at radius 1 is 0.950 bits per heavy atom. The predicted octanol–water partition coefficient (Wildman–Crippen LogP) is 5.58. The molecule has 1 saturated carbocycles. The van der Waals surface area contributed by atoms with E-state index in [0.29, 0.717) is 40.4 Å². The smallest absolute Gasteiger partial charge is 0.255 e. The second kappa shape index (κ2) is 16.4. The first-order chi connectivity index (χ1) is 28.7. The SMILES string of the molecule is CC1(C)C(NC(=O)c2ccc(N3C=C(CCCN4CCC(Oc5ccc6c(c5)CN(C5CCC(=O)NC5=O)C6=O)CC4)NN3)cc2)C(C)(C)C1Oc1ccc(C#N)c(Cl)c1. The Hall–Kier alpha value is -5.62. The lowest BCUT2D eigenvalue weighted by molar-refractivity contribution is -0.164. The van der Waals surface area contributed by atoms with E-state index < -0.39 is 11.9 Å². The second-order valence-corrected chi connectivity index (χ2v) is 18.0. The zero-order valence-corrected chi connectivity index (χ0v) is 35.1. The lowest BCUT2D eigenvalue weighted by Gasteiger charge is -2.63. The number of piperidine rings is 2. The lowest BCUT2D eigenvalue weighted by atomic mass is 9.49. The summed E-state index contributed by atoms with van der Waals surface area (Å²) in [6, 6.07) is 19.4. The minimum Gasteiger partial charge on any atom is -0.490 e. The number of nitriles is 1. The predicted molar refractivity (Wildman–Crippen MR) is 224 cm³/mol. The third-order valence-corrected chi connectivity index (χ3v) is 13.0. The number of allylic oxidation sites excluding steroid dienone is 1. The fraction of sp³-hybridized carbons (Fsp3) is 0.444. The van der Waals surface area contributed by atoms with E-state index in [1.807, 2.05) is 47.6 Å². The van der Waals surface area contributed by atoms with Crippen molar-refractivity contribution in [3.05, 3.63) is 99.8 Å². The van der Waals surface area contributed by atoms with E-state index in [-0.39, 0.29) is 53.2 Å². The van der Waals surface area contributed by atoms with E-state index in [4.69, 9.17) is 21.1 Å². The van der Waals surface area contributed by atoms with Gasteiger partial charge in [0.2, 0.25) is 11.8 Å². The van der Waals surface area contributed by atoms with Crippen molar-refractivity contribution in [2.45, 2.75) is 97.1 Å². The number of ether oxygens (including phenoxy) is 2. The van der Waals surface area contributed by atoms with E-state index in [2.05, 4.69) is 60.3 Å². The van der Waals surface area contributed by atoms with Gasteiger partial charge in [-0.05, 0) is 98.8 Å². The fourth-order valence-electron chi connectivity index (χ4n) is 9.76. The standard InChI is InChI=1S/C45H51ClN8O6/c1-44(2)42(45(3,4)43(44)60-34-12-9-28(24-47)36(46)23-34)49-39(56)27-7-10-31(11-8-27)54-26-30(50-51-54)6-5-19-52-20-17-32(18-21-52)59-33-13-14-35-29(22-33)25-53(41(35)58)37-15-16-38(55)48-40(37)57/h7-14,22-23,26,32,37,42-43,50-51H,5-6,15-21,25H2,1-4H3,(H,49,56)(H,48,55,57). The molecule has 2 saturated heterocycles. The highest BCUT2D eigenvalue weighted by Crippen LogP contribution is 2.55. The molecule has 0 radical (unpaired) electrons. The highest BCUT2D eigenvalue weighted by Gasteiger charge is 2.64. The Labute approximate surface area is 355 Å². The molecular weight excluding hydrogens is 784 g/mol. The van der Waals surface area contributed by atoms with E-state index >= 15 is 0 Å². The molecule has 314 valence electrons. The molecule has 1 unspecified atom stereocenters. The number of amides is 4. The highest BCUT2D eigenvalue weighted by atomic mass is 35.5. The van der Waals surface area contributed by atoms with Gasteiger partial charge in [0.1, 0.15) is 35.8 Å². The molecule has 3 fully saturated rings. The zero-order valence-electron chi connectivity index (χ0n) is 34.3. The quantitative estimate of drug-likeness (QED) is 0.168. The number of imide groups is 1. The Morgan fingerprint density at radius 3 is 2.37 bits per heavy atom. The Balaban J connectivity index is 0.760. The lowest BCUT2D eigenvalue weighted by Crippen LogP contribution is -2.74. The monoisotopic (exact) mass is 834 g/mol. The van der Waals surface area contributed by atoms with Gasteiger partial charge in [0, 0.05) is 72.0 Å². The summed E-state index contributed by atoms with van der Waals surface area (Å²) in [6.45, 7) is 11.5. The molecule has 1 aliphatic carbocycles. The minimum atomic E-state index is -0.632. The zero-order chi connectivity index (χ0) is 42.3. The second-order valence-electron chi connectivity index (χ2n) is 17.6. The van der Waals surface area contributed by atoms with Crippen LogP contribution in [0.15, 0.2) is 72.6 Å². The van der Waals surface area contributed by atoms with E-state index in [9.17, 15) is 24.4 Å². The van der Waals surface area contributed by atoms with E-state index in [0.717, 1.165) is 68.0 Å². The average molecular weight is 835 g/mol. The third kappa shape index (κ3) is 8.13. The van der Waals surface area contributed by atoms with Gasteiger partial charge in [0.15, 0.2) is 0 Å². The van der Waals surface area contributed by atoms with Crippen molar-refractivity contribution in [3.8, 4) is 17.6 Å². The van der Waals surface area contributed by atoms with Crippen LogP contribution in [0, 0.1) is 22.2 Å². The van der Waals surface area contributed by atoms with Crippen molar-refractivity contribution in [2.24, 2.45) is 10.8 Å². The summed E-state index contributed by atoms with van der Waals surface area (Å²) in [7, 11) is 0. The summed E-state index contributed by atoms with van der Waals surface area (Å²) in [5.74, 6) is 0.286. The van der Waals surface area contributed by atoms with Gasteiger partial charge in [-0.2, -0.15) is 5.26 Å². The van der Waals surface area contributed by atoms with Crippen LogP contribution in [-0.4, -0.2) is 77.4 Å². The van der Waals surface area contributed by atoms with Crippen LogP contribution in [0.2, 0.25) is 5.02 Å². The molecule has 4 aliphatic heterocycles. The number of likely N-dealkylation sites (tertiary alicyclic amines) is 1. The van der Waals surface area contributed by atoms with Crippen LogP contribution >= 0.6 is 11.6 Å². The molecule has 15 heteroatoms. The van der Waals surface area contributed by atoms with Crippen LogP contribution in [-0.2, 0) is 16.1 Å². The number of carbonyl (C=O) groups excluding carboxylic acids is 4. The summed E-state index contributed by atoms with van der Waals surface area (Å²) >= 11 is 6.25. The molecule has 1 atom stereocenters. The Kier molecular flexibility index (Phi) is 11.3. The molecule has 0 spiro atoms. The first-order valence-corrected chi connectivity index (χ1v) is 21.0. The van der Waals surface area contributed by atoms with Crippen molar-refractivity contribution in [1.29, 1.82) is 5.26 Å². The number of hydrogen-bond acceptors (Lipinski definition) is 11. The minimum absolute atomic E-state index is 0.0856. The van der Waals surface area contributed by atoms with Crippen LogP contribution in [0.3, 0.4) is 0 Å². The summed E-state index contributed by atoms with van der Waals surface area (Å²) in [5.41, 5.74) is 10.1. The van der Waals surface area contributed by atoms with Gasteiger partial charge in [0.05, 0.1) is 16.3 Å². The van der Waals surface area contributed by atoms with E-state index in [1.54, 1.807) is 29.2 Å². The van der Waals surface area contributed by atoms with Gasteiger partial charge in [0.25, 0.3) is 11.8 Å². The van der Waals surface area contributed by atoms with Gasteiger partial charge >= 0.3 is 0 Å². The topological polar surface area (TPSA) is 168 Å². The first-order valence-electron chi connectivity index (χ1n) is 20.7. The molecule has 8 rings (SSSR count). The maximum Gasteiger partial charge on any atom is 0.255 e. The molecule has 0 aromatic heterocycles. The summed E-state index contributed by atoms with van der Waals surface area (Å²) < 4.78 is 12.7. The first kappa shape index (κ1) is 41.1. The van der Waals surface area contributed by atoms with Crippen molar-refractivity contribution < 1.29 is 28.7 Å². The number of nitrogens with zero attached hydrogens (tertiary/aromatic N) is 4. The Morgan fingerprint density at radius 2 is 1.67 bits per heavy atom. The van der Waals surface area contributed by atoms with Crippen LogP contribution in [0.4, 0.5) is 5.69 Å².